The molecule has 0 aromatic carbocycles. The van der Waals surface area contributed by atoms with Crippen LogP contribution in [0.4, 0.5) is 0 Å². The van der Waals surface area contributed by atoms with E-state index in [2.05, 4.69) is 4.72 Å². The van der Waals surface area contributed by atoms with Gasteiger partial charge in [-0.1, -0.05) is 19.8 Å². The number of rotatable bonds is 6. The van der Waals surface area contributed by atoms with Crippen LogP contribution in [0.2, 0.25) is 0 Å². The van der Waals surface area contributed by atoms with E-state index in [-0.39, 0.29) is 6.54 Å². The molecule has 6 heteroatoms. The Balaban J connectivity index is 2.38. The third-order valence-corrected chi connectivity index (χ3v) is 4.35. The van der Waals surface area contributed by atoms with Crippen LogP contribution in [-0.4, -0.2) is 43.6 Å². The molecule has 0 aliphatic carbocycles. The molecule has 0 amide bonds. The summed E-state index contributed by atoms with van der Waals surface area (Å²) in [6.45, 7) is 3.27. The number of piperidine rings is 1. The standard InChI is InChI=1S/C10H22N2O3S/c1-2-6-10(13)9-11-16(14,15)12-7-4-3-5-8-12/h10-11,13H,2-9H2,1H3. The van der Waals surface area contributed by atoms with Crippen molar-refractivity contribution < 1.29 is 13.5 Å². The summed E-state index contributed by atoms with van der Waals surface area (Å²) in [5.41, 5.74) is 0. The maximum atomic E-state index is 11.8. The third kappa shape index (κ3) is 4.37. The van der Waals surface area contributed by atoms with E-state index >= 15 is 0 Å². The van der Waals surface area contributed by atoms with Crippen molar-refractivity contribution in [3.05, 3.63) is 0 Å². The zero-order valence-corrected chi connectivity index (χ0v) is 10.7. The summed E-state index contributed by atoms with van der Waals surface area (Å²) in [5.74, 6) is 0. The lowest BCUT2D eigenvalue weighted by molar-refractivity contribution is 0.166. The SMILES string of the molecule is CCCC(O)CNS(=O)(=O)N1CCCCC1. The first kappa shape index (κ1) is 13.9. The van der Waals surface area contributed by atoms with Gasteiger partial charge in [0.25, 0.3) is 10.2 Å². The Morgan fingerprint density at radius 2 is 1.94 bits per heavy atom. The Kier molecular flexibility index (Phi) is 5.68. The van der Waals surface area contributed by atoms with Crippen molar-refractivity contribution in [1.29, 1.82) is 0 Å². The van der Waals surface area contributed by atoms with Gasteiger partial charge in [0.1, 0.15) is 0 Å². The van der Waals surface area contributed by atoms with Crippen molar-refractivity contribution in [2.75, 3.05) is 19.6 Å². The van der Waals surface area contributed by atoms with Gasteiger partial charge in [0.05, 0.1) is 6.10 Å². The van der Waals surface area contributed by atoms with Crippen LogP contribution in [0.15, 0.2) is 0 Å². The summed E-state index contributed by atoms with van der Waals surface area (Å²) >= 11 is 0. The Hall–Kier alpha value is -0.170. The number of hydrogen-bond acceptors (Lipinski definition) is 3. The van der Waals surface area contributed by atoms with Gasteiger partial charge >= 0.3 is 0 Å². The fourth-order valence-electron chi connectivity index (χ4n) is 1.83. The number of hydrogen-bond donors (Lipinski definition) is 2. The van der Waals surface area contributed by atoms with E-state index in [9.17, 15) is 13.5 Å². The van der Waals surface area contributed by atoms with E-state index in [0.29, 0.717) is 19.5 Å². The fourth-order valence-corrected chi connectivity index (χ4v) is 3.16. The molecule has 1 unspecified atom stereocenters. The minimum atomic E-state index is -3.37. The quantitative estimate of drug-likeness (QED) is 0.720. The normalized spacial score (nSPS) is 20.9. The second-order valence-corrected chi connectivity index (χ2v) is 6.01. The van der Waals surface area contributed by atoms with E-state index in [4.69, 9.17) is 0 Å². The van der Waals surface area contributed by atoms with Crippen LogP contribution in [0.1, 0.15) is 39.0 Å². The lowest BCUT2D eigenvalue weighted by Gasteiger charge is -2.26. The molecule has 0 saturated carbocycles. The Bertz CT molecular complexity index is 286. The molecular formula is C10H22N2O3S. The molecule has 1 rings (SSSR count). The van der Waals surface area contributed by atoms with Crippen molar-refractivity contribution in [2.24, 2.45) is 0 Å². The third-order valence-electron chi connectivity index (χ3n) is 2.78. The molecule has 5 nitrogen and oxygen atoms in total. The molecule has 1 saturated heterocycles. The minimum absolute atomic E-state index is 0.118. The molecule has 2 N–H and O–H groups in total. The predicted molar refractivity (Wildman–Crippen MR) is 63.3 cm³/mol. The summed E-state index contributed by atoms with van der Waals surface area (Å²) < 4.78 is 27.5. The topological polar surface area (TPSA) is 69.6 Å². The van der Waals surface area contributed by atoms with Gasteiger partial charge < -0.3 is 5.11 Å². The van der Waals surface area contributed by atoms with E-state index in [1.165, 1.54) is 4.31 Å². The molecule has 0 bridgehead atoms. The van der Waals surface area contributed by atoms with E-state index < -0.39 is 16.3 Å². The smallest absolute Gasteiger partial charge is 0.279 e. The van der Waals surface area contributed by atoms with Crippen molar-refractivity contribution in [2.45, 2.75) is 45.1 Å². The summed E-state index contributed by atoms with van der Waals surface area (Å²) in [6.07, 6.45) is 3.86. The van der Waals surface area contributed by atoms with Crippen LogP contribution in [0.3, 0.4) is 0 Å². The first-order valence-electron chi connectivity index (χ1n) is 5.99. The van der Waals surface area contributed by atoms with Gasteiger partial charge in [-0.05, 0) is 19.3 Å². The molecule has 1 fully saturated rings. The molecule has 96 valence electrons. The predicted octanol–water partition coefficient (Wildman–Crippen LogP) is 0.468. The number of nitrogens with one attached hydrogen (secondary N) is 1. The van der Waals surface area contributed by atoms with Crippen LogP contribution in [0.5, 0.6) is 0 Å². The lowest BCUT2D eigenvalue weighted by atomic mass is 10.2. The first-order valence-corrected chi connectivity index (χ1v) is 7.43. The van der Waals surface area contributed by atoms with E-state index in [1.807, 2.05) is 6.92 Å². The summed E-state index contributed by atoms with van der Waals surface area (Å²) in [6, 6.07) is 0. The number of nitrogens with zero attached hydrogens (tertiary/aromatic N) is 1. The molecule has 0 aromatic rings. The lowest BCUT2D eigenvalue weighted by Crippen LogP contribution is -2.45. The summed E-state index contributed by atoms with van der Waals surface area (Å²) in [4.78, 5) is 0. The Labute approximate surface area is 98.0 Å². The van der Waals surface area contributed by atoms with Gasteiger partial charge in [0.15, 0.2) is 0 Å². The fraction of sp³-hybridized carbons (Fsp3) is 1.00. The molecule has 0 spiro atoms. The molecule has 1 aliphatic rings. The van der Waals surface area contributed by atoms with Crippen molar-refractivity contribution in [3.8, 4) is 0 Å². The molecule has 1 aliphatic heterocycles. The number of aliphatic hydroxyl groups excluding tert-OH is 1. The molecule has 1 heterocycles. The monoisotopic (exact) mass is 250 g/mol. The van der Waals surface area contributed by atoms with Crippen molar-refractivity contribution >= 4 is 10.2 Å². The molecule has 0 aromatic heterocycles. The molecular weight excluding hydrogens is 228 g/mol. The van der Waals surface area contributed by atoms with Gasteiger partial charge in [-0.25, -0.2) is 0 Å². The highest BCUT2D eigenvalue weighted by Gasteiger charge is 2.23. The molecule has 1 atom stereocenters. The average molecular weight is 250 g/mol. The molecule has 0 radical (unpaired) electrons. The Morgan fingerprint density at radius 3 is 2.50 bits per heavy atom. The summed E-state index contributed by atoms with van der Waals surface area (Å²) in [7, 11) is -3.37. The Morgan fingerprint density at radius 1 is 1.31 bits per heavy atom. The van der Waals surface area contributed by atoms with E-state index in [1.54, 1.807) is 0 Å². The largest absolute Gasteiger partial charge is 0.392 e. The van der Waals surface area contributed by atoms with Gasteiger partial charge in [-0.3, -0.25) is 0 Å². The van der Waals surface area contributed by atoms with Crippen molar-refractivity contribution in [1.82, 2.24) is 9.03 Å². The van der Waals surface area contributed by atoms with Crippen LogP contribution in [0.25, 0.3) is 0 Å². The van der Waals surface area contributed by atoms with Crippen molar-refractivity contribution in [3.63, 3.8) is 0 Å². The van der Waals surface area contributed by atoms with Gasteiger partial charge in [-0.2, -0.15) is 17.4 Å². The minimum Gasteiger partial charge on any atom is -0.392 e. The number of aliphatic hydroxyl groups is 1. The average Bonchev–Trinajstić information content (AvgIpc) is 2.28. The van der Waals surface area contributed by atoms with Gasteiger partial charge in [-0.15, -0.1) is 0 Å². The second-order valence-electron chi connectivity index (χ2n) is 4.26. The van der Waals surface area contributed by atoms with Crippen LogP contribution < -0.4 is 4.72 Å². The van der Waals surface area contributed by atoms with Crippen LogP contribution >= 0.6 is 0 Å². The molecule has 16 heavy (non-hydrogen) atoms. The van der Waals surface area contributed by atoms with Gasteiger partial charge in [0, 0.05) is 19.6 Å². The van der Waals surface area contributed by atoms with Crippen LogP contribution in [-0.2, 0) is 10.2 Å². The first-order chi connectivity index (χ1) is 7.56. The van der Waals surface area contributed by atoms with Gasteiger partial charge in [0.2, 0.25) is 0 Å². The highest BCUT2D eigenvalue weighted by atomic mass is 32.2. The maximum absolute atomic E-state index is 11.8. The zero-order chi connectivity index (χ0) is 12.0. The van der Waals surface area contributed by atoms with E-state index in [0.717, 1.165) is 25.7 Å². The summed E-state index contributed by atoms with van der Waals surface area (Å²) in [5, 5.41) is 9.47. The van der Waals surface area contributed by atoms with Crippen LogP contribution in [0, 0.1) is 0 Å². The maximum Gasteiger partial charge on any atom is 0.279 e. The zero-order valence-electron chi connectivity index (χ0n) is 9.85. The highest BCUT2D eigenvalue weighted by Crippen LogP contribution is 2.11. The highest BCUT2D eigenvalue weighted by molar-refractivity contribution is 7.87. The second kappa shape index (κ2) is 6.54.